The third-order valence-corrected chi connectivity index (χ3v) is 5.96. The van der Waals surface area contributed by atoms with Crippen LogP contribution in [-0.4, -0.2) is 44.5 Å². The van der Waals surface area contributed by atoms with Crippen LogP contribution in [-0.2, 0) is 0 Å². The zero-order valence-electron chi connectivity index (χ0n) is 14.7. The number of H-pyrrole nitrogens is 1. The summed E-state index contributed by atoms with van der Waals surface area (Å²) in [4.78, 5) is 6.07. The van der Waals surface area contributed by atoms with Gasteiger partial charge in [0.25, 0.3) is 0 Å². The number of hydrogen-bond donors (Lipinski definition) is 1. The van der Waals surface area contributed by atoms with Gasteiger partial charge < -0.3 is 9.72 Å². The molecule has 3 nitrogen and oxygen atoms in total. The van der Waals surface area contributed by atoms with E-state index in [1.165, 1.54) is 47.8 Å². The number of rotatable bonds is 3. The van der Waals surface area contributed by atoms with E-state index in [2.05, 4.69) is 59.3 Å². The lowest BCUT2D eigenvalue weighted by atomic mass is 9.81. The number of fused-ring (bicyclic) bond motifs is 6. The van der Waals surface area contributed by atoms with E-state index in [1.807, 2.05) is 0 Å². The standard InChI is InChI=1S/C22H24N2O.BH3/c1-15(20-13-24-10-8-16(20)9-11-24)14-25-17-6-7-19-18-4-2-3-5-21(18)23-22(19)12-17;/h2-7,12,16,23H,8-11,13-14H2,1H3;1H3. The highest BCUT2D eigenvalue weighted by molar-refractivity contribution is 6.07. The Morgan fingerprint density at radius 1 is 1.08 bits per heavy atom. The smallest absolute Gasteiger partial charge is 0.121 e. The van der Waals surface area contributed by atoms with Gasteiger partial charge in [-0.3, -0.25) is 4.90 Å². The summed E-state index contributed by atoms with van der Waals surface area (Å²) in [5.74, 6) is 1.74. The van der Waals surface area contributed by atoms with Crippen molar-refractivity contribution in [1.82, 2.24) is 9.88 Å². The van der Waals surface area contributed by atoms with Gasteiger partial charge in [0.05, 0.1) is 13.9 Å². The average Bonchev–Trinajstić information content (AvgIpc) is 3.04. The number of hydrogen-bond acceptors (Lipinski definition) is 2. The van der Waals surface area contributed by atoms with Gasteiger partial charge in [-0.05, 0) is 62.5 Å². The Hall–Kier alpha value is -2.20. The summed E-state index contributed by atoms with van der Waals surface area (Å²) in [5, 5.41) is 2.53. The van der Waals surface area contributed by atoms with Crippen molar-refractivity contribution < 1.29 is 4.74 Å². The van der Waals surface area contributed by atoms with E-state index in [-0.39, 0.29) is 8.41 Å². The first-order valence-electron chi connectivity index (χ1n) is 9.32. The molecule has 3 aliphatic heterocycles. The minimum Gasteiger partial charge on any atom is -0.489 e. The van der Waals surface area contributed by atoms with E-state index < -0.39 is 0 Å². The fourth-order valence-corrected chi connectivity index (χ4v) is 4.50. The van der Waals surface area contributed by atoms with Crippen LogP contribution in [0.1, 0.15) is 19.8 Å². The first-order chi connectivity index (χ1) is 12.3. The third-order valence-electron chi connectivity index (χ3n) is 5.96. The van der Waals surface area contributed by atoms with Gasteiger partial charge >= 0.3 is 0 Å². The van der Waals surface area contributed by atoms with Gasteiger partial charge in [-0.25, -0.2) is 0 Å². The number of ether oxygens (including phenoxy) is 1. The van der Waals surface area contributed by atoms with Crippen LogP contribution in [0.3, 0.4) is 0 Å². The van der Waals surface area contributed by atoms with Crippen LogP contribution >= 0.6 is 0 Å². The molecule has 1 aromatic heterocycles. The number of nitrogens with one attached hydrogen (secondary N) is 1. The first-order valence-corrected chi connectivity index (χ1v) is 9.32. The van der Waals surface area contributed by atoms with Crippen LogP contribution in [0.25, 0.3) is 21.8 Å². The Morgan fingerprint density at radius 3 is 2.62 bits per heavy atom. The molecule has 3 saturated heterocycles. The second-order valence-corrected chi connectivity index (χ2v) is 7.52. The molecule has 4 heteroatoms. The minimum atomic E-state index is 0. The monoisotopic (exact) mass is 346 g/mol. The lowest BCUT2D eigenvalue weighted by Crippen LogP contribution is -2.43. The molecular formula is C22H27BN2O. The molecule has 0 radical (unpaired) electrons. The van der Waals surface area contributed by atoms with Crippen LogP contribution in [0.15, 0.2) is 53.6 Å². The van der Waals surface area contributed by atoms with Gasteiger partial charge in [0.2, 0.25) is 0 Å². The Bertz CT molecular complexity index is 967. The summed E-state index contributed by atoms with van der Waals surface area (Å²) >= 11 is 0. The van der Waals surface area contributed by atoms with E-state index in [0.29, 0.717) is 6.61 Å². The van der Waals surface area contributed by atoms with E-state index in [1.54, 1.807) is 5.57 Å². The van der Waals surface area contributed by atoms with Gasteiger partial charge in [-0.1, -0.05) is 23.8 Å². The molecule has 0 spiro atoms. The second kappa shape index (κ2) is 6.84. The number of para-hydroxylation sites is 1. The van der Waals surface area contributed by atoms with Crippen LogP contribution in [0.5, 0.6) is 5.75 Å². The molecule has 4 heterocycles. The van der Waals surface area contributed by atoms with Crippen molar-refractivity contribution in [3.63, 3.8) is 0 Å². The molecule has 3 fully saturated rings. The predicted molar refractivity (Wildman–Crippen MR) is 113 cm³/mol. The zero-order valence-corrected chi connectivity index (χ0v) is 14.7. The van der Waals surface area contributed by atoms with Gasteiger partial charge in [0.1, 0.15) is 12.4 Å². The van der Waals surface area contributed by atoms with E-state index >= 15 is 0 Å². The quantitative estimate of drug-likeness (QED) is 0.580. The first kappa shape index (κ1) is 17.2. The molecule has 2 bridgehead atoms. The number of benzene rings is 2. The van der Waals surface area contributed by atoms with Crippen molar-refractivity contribution in [3.8, 4) is 5.75 Å². The molecule has 0 amide bonds. The summed E-state index contributed by atoms with van der Waals surface area (Å²) < 4.78 is 6.14. The third kappa shape index (κ3) is 2.92. The van der Waals surface area contributed by atoms with E-state index in [9.17, 15) is 0 Å². The Labute approximate surface area is 156 Å². The summed E-state index contributed by atoms with van der Waals surface area (Å²) in [5.41, 5.74) is 5.38. The molecule has 3 aliphatic rings. The molecule has 0 aliphatic carbocycles. The van der Waals surface area contributed by atoms with Crippen molar-refractivity contribution in [2.24, 2.45) is 5.92 Å². The molecule has 2 aromatic carbocycles. The number of nitrogens with zero attached hydrogens (tertiary/aromatic N) is 1. The molecular weight excluding hydrogens is 319 g/mol. The topological polar surface area (TPSA) is 28.3 Å². The molecule has 134 valence electrons. The SMILES string of the molecule is B.CC(COc1ccc2c(c1)[nH]c1ccccc12)=C1CN2CCC1CC2. The highest BCUT2D eigenvalue weighted by Crippen LogP contribution is 2.34. The lowest BCUT2D eigenvalue weighted by Gasteiger charge is -2.42. The van der Waals surface area contributed by atoms with Crippen LogP contribution in [0, 0.1) is 5.92 Å². The van der Waals surface area contributed by atoms with E-state index in [4.69, 9.17) is 4.74 Å². The maximum Gasteiger partial charge on any atom is 0.121 e. The maximum absolute atomic E-state index is 6.14. The Kier molecular flexibility index (Phi) is 4.54. The summed E-state index contributed by atoms with van der Waals surface area (Å²) in [7, 11) is 0. The maximum atomic E-state index is 6.14. The summed E-state index contributed by atoms with van der Waals surface area (Å²) in [6.45, 7) is 6.66. The molecule has 6 rings (SSSR count). The van der Waals surface area contributed by atoms with Crippen molar-refractivity contribution in [2.75, 3.05) is 26.2 Å². The van der Waals surface area contributed by atoms with E-state index in [0.717, 1.165) is 23.7 Å². The van der Waals surface area contributed by atoms with Gasteiger partial charge in [-0.2, -0.15) is 0 Å². The van der Waals surface area contributed by atoms with Gasteiger partial charge in [0, 0.05) is 28.9 Å². The second-order valence-electron chi connectivity index (χ2n) is 7.52. The fourth-order valence-electron chi connectivity index (χ4n) is 4.50. The predicted octanol–water partition coefficient (Wildman–Crippen LogP) is 3.56. The van der Waals surface area contributed by atoms with Crippen LogP contribution in [0.4, 0.5) is 0 Å². The molecule has 0 saturated carbocycles. The molecule has 0 unspecified atom stereocenters. The zero-order chi connectivity index (χ0) is 16.8. The molecule has 1 N–H and O–H groups in total. The van der Waals surface area contributed by atoms with Gasteiger partial charge in [0.15, 0.2) is 0 Å². The number of aromatic amines is 1. The van der Waals surface area contributed by atoms with Crippen molar-refractivity contribution >= 4 is 30.2 Å². The van der Waals surface area contributed by atoms with Crippen LogP contribution in [0.2, 0.25) is 0 Å². The highest BCUT2D eigenvalue weighted by Gasteiger charge is 2.30. The van der Waals surface area contributed by atoms with Crippen molar-refractivity contribution in [2.45, 2.75) is 19.8 Å². The van der Waals surface area contributed by atoms with Crippen LogP contribution < -0.4 is 4.74 Å². The molecule has 3 aromatic rings. The average molecular weight is 346 g/mol. The Balaban J connectivity index is 0.00000168. The molecule has 0 atom stereocenters. The number of aromatic nitrogens is 1. The largest absolute Gasteiger partial charge is 0.489 e. The van der Waals surface area contributed by atoms with Gasteiger partial charge in [-0.15, -0.1) is 0 Å². The summed E-state index contributed by atoms with van der Waals surface area (Å²) in [6.07, 6.45) is 2.65. The lowest BCUT2D eigenvalue weighted by molar-refractivity contribution is 0.158. The number of piperidine rings is 3. The normalized spacial score (nSPS) is 23.9. The molecule has 26 heavy (non-hydrogen) atoms. The summed E-state index contributed by atoms with van der Waals surface area (Å²) in [6, 6.07) is 14.8. The Morgan fingerprint density at radius 2 is 1.85 bits per heavy atom. The van der Waals surface area contributed by atoms with Crippen molar-refractivity contribution in [1.29, 1.82) is 0 Å². The fraction of sp³-hybridized carbons (Fsp3) is 0.364. The van der Waals surface area contributed by atoms with Crippen molar-refractivity contribution in [3.05, 3.63) is 53.6 Å². The highest BCUT2D eigenvalue weighted by atomic mass is 16.5. The minimum absolute atomic E-state index is 0.